The molecule has 1 N–H and O–H groups in total. The van der Waals surface area contributed by atoms with Crippen molar-refractivity contribution >= 4 is 6.21 Å². The molecule has 108 valence electrons. The first-order valence-electron chi connectivity index (χ1n) is 4.62. The van der Waals surface area contributed by atoms with Gasteiger partial charge in [-0.25, -0.2) is 4.39 Å². The molecule has 0 aliphatic rings. The predicted octanol–water partition coefficient (Wildman–Crippen LogP) is 3.12. The number of alkyl halides is 7. The topological polar surface area (TPSA) is 37.5 Å². The van der Waals surface area contributed by atoms with Gasteiger partial charge in [0.25, 0.3) is 0 Å². The van der Waals surface area contributed by atoms with Crippen LogP contribution < -0.4 is 0 Å². The van der Waals surface area contributed by atoms with Crippen LogP contribution in [0.2, 0.25) is 0 Å². The van der Waals surface area contributed by atoms with E-state index in [1.807, 2.05) is 0 Å². The summed E-state index contributed by atoms with van der Waals surface area (Å²) in [6, 6.07) is 1.10. The number of aromatic nitrogens is 1. The average Bonchev–Trinajstić information content (AvgIpc) is 2.57. The molecule has 1 aromatic rings. The summed E-state index contributed by atoms with van der Waals surface area (Å²) < 4.78 is 88.8. The largest absolute Gasteiger partial charge is 0.437 e. The first kappa shape index (κ1) is 15.3. The summed E-state index contributed by atoms with van der Waals surface area (Å²) in [5.41, 5.74) is -7.48. The average molecular weight is 292 g/mol. The van der Waals surface area contributed by atoms with Gasteiger partial charge in [0.1, 0.15) is 0 Å². The monoisotopic (exact) mass is 292 g/mol. The molecular formula is C9H7F7N2O. The van der Waals surface area contributed by atoms with Gasteiger partial charge in [-0.1, -0.05) is 5.16 Å². The molecular weight excluding hydrogens is 285 g/mol. The molecule has 0 radical (unpaired) electrons. The molecule has 0 atom stereocenters. The van der Waals surface area contributed by atoms with Crippen molar-refractivity contribution in [2.75, 3.05) is 0 Å². The Labute approximate surface area is 101 Å². The van der Waals surface area contributed by atoms with Crippen molar-refractivity contribution in [1.29, 1.82) is 0 Å². The van der Waals surface area contributed by atoms with Gasteiger partial charge in [0.15, 0.2) is 0 Å². The van der Waals surface area contributed by atoms with Crippen LogP contribution in [0.1, 0.15) is 11.4 Å². The second kappa shape index (κ2) is 4.42. The van der Waals surface area contributed by atoms with Crippen LogP contribution in [-0.4, -0.2) is 28.3 Å². The molecule has 0 bridgehead atoms. The smallest absolute Gasteiger partial charge is 0.411 e. The van der Waals surface area contributed by atoms with Crippen LogP contribution in [0.25, 0.3) is 0 Å². The maximum absolute atomic E-state index is 13.7. The van der Waals surface area contributed by atoms with Gasteiger partial charge >= 0.3 is 18.0 Å². The first-order valence-corrected chi connectivity index (χ1v) is 4.62. The minimum Gasteiger partial charge on any atom is -0.411 e. The Bertz CT molecular complexity index is 472. The number of halogens is 7. The molecule has 0 aliphatic carbocycles. The fourth-order valence-corrected chi connectivity index (χ4v) is 1.51. The van der Waals surface area contributed by atoms with Gasteiger partial charge in [-0.15, -0.1) is 0 Å². The molecule has 0 aliphatic heterocycles. The molecule has 0 saturated heterocycles. The lowest BCUT2D eigenvalue weighted by Crippen LogP contribution is -2.51. The highest BCUT2D eigenvalue weighted by molar-refractivity contribution is 5.77. The van der Waals surface area contributed by atoms with E-state index < -0.39 is 23.7 Å². The third kappa shape index (κ3) is 2.26. The third-order valence-corrected chi connectivity index (χ3v) is 2.48. The summed E-state index contributed by atoms with van der Waals surface area (Å²) in [7, 11) is 0.790. The van der Waals surface area contributed by atoms with Crippen LogP contribution in [0, 0.1) is 0 Å². The Balaban J connectivity index is 3.53. The lowest BCUT2D eigenvalue weighted by molar-refractivity contribution is -0.350. The molecule has 0 fully saturated rings. The fourth-order valence-electron chi connectivity index (χ4n) is 1.51. The second-order valence-corrected chi connectivity index (χ2v) is 3.60. The molecule has 0 unspecified atom stereocenters. The summed E-state index contributed by atoms with van der Waals surface area (Å²) in [5, 5.41) is 10.6. The van der Waals surface area contributed by atoms with E-state index in [1.165, 1.54) is 0 Å². The third-order valence-electron chi connectivity index (χ3n) is 2.48. The van der Waals surface area contributed by atoms with Gasteiger partial charge in [0.05, 0.1) is 17.6 Å². The van der Waals surface area contributed by atoms with Crippen molar-refractivity contribution in [3.05, 3.63) is 23.5 Å². The molecule has 1 aromatic heterocycles. The number of nitrogens with zero attached hydrogens (tertiary/aromatic N) is 2. The van der Waals surface area contributed by atoms with Crippen molar-refractivity contribution in [1.82, 2.24) is 4.57 Å². The number of hydrogen-bond acceptors (Lipinski definition) is 2. The van der Waals surface area contributed by atoms with Crippen LogP contribution >= 0.6 is 0 Å². The van der Waals surface area contributed by atoms with Crippen LogP contribution in [0.15, 0.2) is 17.3 Å². The lowest BCUT2D eigenvalue weighted by atomic mass is 10.0. The van der Waals surface area contributed by atoms with Crippen molar-refractivity contribution in [2.24, 2.45) is 12.2 Å². The highest BCUT2D eigenvalue weighted by Gasteiger charge is 2.74. The zero-order valence-electron chi connectivity index (χ0n) is 9.22. The Kier molecular flexibility index (Phi) is 3.57. The molecule has 1 heterocycles. The minimum absolute atomic E-state index is 0.306. The zero-order chi connectivity index (χ0) is 15.1. The molecule has 0 saturated carbocycles. The van der Waals surface area contributed by atoms with E-state index in [-0.39, 0.29) is 5.69 Å². The lowest BCUT2D eigenvalue weighted by Gasteiger charge is -2.30. The van der Waals surface area contributed by atoms with Gasteiger partial charge in [-0.05, 0) is 12.1 Å². The molecule has 1 rings (SSSR count). The van der Waals surface area contributed by atoms with Crippen LogP contribution in [0.5, 0.6) is 0 Å². The Morgan fingerprint density at radius 2 is 1.53 bits per heavy atom. The zero-order valence-corrected chi connectivity index (χ0v) is 9.22. The number of hydrogen-bond donors (Lipinski definition) is 1. The van der Waals surface area contributed by atoms with E-state index in [9.17, 15) is 30.7 Å². The van der Waals surface area contributed by atoms with Crippen molar-refractivity contribution < 1.29 is 35.9 Å². The maximum atomic E-state index is 13.7. The fraction of sp³-hybridized carbons (Fsp3) is 0.444. The van der Waals surface area contributed by atoms with E-state index in [0.29, 0.717) is 16.8 Å². The molecule has 3 nitrogen and oxygen atoms in total. The van der Waals surface area contributed by atoms with Crippen LogP contribution in [0.4, 0.5) is 30.7 Å². The number of oxime groups is 1. The van der Waals surface area contributed by atoms with E-state index in [4.69, 9.17) is 5.21 Å². The van der Waals surface area contributed by atoms with Gasteiger partial charge in [0, 0.05) is 7.05 Å². The van der Waals surface area contributed by atoms with Crippen molar-refractivity contribution in [3.8, 4) is 0 Å². The summed E-state index contributed by atoms with van der Waals surface area (Å²) in [6.07, 6.45) is -11.8. The van der Waals surface area contributed by atoms with Crippen LogP contribution in [-0.2, 0) is 12.7 Å². The van der Waals surface area contributed by atoms with E-state index >= 15 is 0 Å². The molecule has 10 heteroatoms. The first-order chi connectivity index (χ1) is 8.46. The van der Waals surface area contributed by atoms with E-state index in [0.717, 1.165) is 13.1 Å². The van der Waals surface area contributed by atoms with Crippen molar-refractivity contribution in [3.63, 3.8) is 0 Å². The Hall–Kier alpha value is -1.74. The standard InChI is InChI=1S/C9H7F7N2O/c1-18-5(4-17-19)2-3-6(18)7(10,8(11,12)13)9(14,15)16/h2-4,19H,1H3/b17-4+. The summed E-state index contributed by atoms with van der Waals surface area (Å²) >= 11 is 0. The maximum Gasteiger partial charge on any atom is 0.437 e. The molecule has 0 spiro atoms. The summed E-state index contributed by atoms with van der Waals surface area (Å²) in [5.74, 6) is 0. The summed E-state index contributed by atoms with van der Waals surface area (Å²) in [6.45, 7) is 0. The molecule has 0 amide bonds. The molecule has 0 aromatic carbocycles. The highest BCUT2D eigenvalue weighted by atomic mass is 19.4. The van der Waals surface area contributed by atoms with Gasteiger partial charge < -0.3 is 9.77 Å². The normalized spacial score (nSPS) is 14.3. The highest BCUT2D eigenvalue weighted by Crippen LogP contribution is 2.53. The minimum atomic E-state index is -6.18. The van der Waals surface area contributed by atoms with Gasteiger partial charge in [-0.3, -0.25) is 0 Å². The quantitative estimate of drug-likeness (QED) is 0.387. The Morgan fingerprint density at radius 3 is 1.89 bits per heavy atom. The SMILES string of the molecule is Cn1c(/C=N/O)ccc1C(F)(C(F)(F)F)C(F)(F)F. The summed E-state index contributed by atoms with van der Waals surface area (Å²) in [4.78, 5) is 0. The van der Waals surface area contributed by atoms with Crippen LogP contribution in [0.3, 0.4) is 0 Å². The predicted molar refractivity (Wildman–Crippen MR) is 49.7 cm³/mol. The second-order valence-electron chi connectivity index (χ2n) is 3.60. The number of rotatable bonds is 2. The van der Waals surface area contributed by atoms with Crippen molar-refractivity contribution in [2.45, 2.75) is 18.0 Å². The van der Waals surface area contributed by atoms with Gasteiger partial charge in [-0.2, -0.15) is 26.3 Å². The molecule has 19 heavy (non-hydrogen) atoms. The van der Waals surface area contributed by atoms with Gasteiger partial charge in [0.2, 0.25) is 0 Å². The Morgan fingerprint density at radius 1 is 1.05 bits per heavy atom. The van der Waals surface area contributed by atoms with E-state index in [2.05, 4.69) is 5.16 Å². The van der Waals surface area contributed by atoms with E-state index in [1.54, 1.807) is 0 Å².